The minimum absolute atomic E-state index is 0.0366. The van der Waals surface area contributed by atoms with Gasteiger partial charge in [0.05, 0.1) is 11.6 Å². The molecule has 1 saturated heterocycles. The molecule has 0 radical (unpaired) electrons. The number of halogens is 1. The molecule has 162 valence electrons. The van der Waals surface area contributed by atoms with E-state index >= 15 is 0 Å². The normalized spacial score (nSPS) is 14.9. The van der Waals surface area contributed by atoms with E-state index in [1.54, 1.807) is 11.8 Å². The molecule has 1 atom stereocenters. The summed E-state index contributed by atoms with van der Waals surface area (Å²) in [6, 6.07) is 16.0. The molecule has 0 saturated carbocycles. The maximum Gasteiger partial charge on any atom is 0.235 e. The molecule has 4 rings (SSSR count). The van der Waals surface area contributed by atoms with Gasteiger partial charge in [0.15, 0.2) is 5.13 Å². The highest BCUT2D eigenvalue weighted by Crippen LogP contribution is 2.33. The van der Waals surface area contributed by atoms with Crippen LogP contribution < -0.4 is 14.9 Å². The second-order valence-corrected chi connectivity index (χ2v) is 10.0. The number of nitrogens with zero attached hydrogens (tertiary/aromatic N) is 3. The Bertz CT molecular complexity index is 1130. The number of carbonyl (C=O) groups is 1. The third kappa shape index (κ3) is 4.39. The molecule has 0 bridgehead atoms. The molecule has 31 heavy (non-hydrogen) atoms. The minimum atomic E-state index is -1.60. The van der Waals surface area contributed by atoms with E-state index in [1.807, 2.05) is 31.2 Å². The molecule has 0 spiro atoms. The van der Waals surface area contributed by atoms with Gasteiger partial charge in [-0.25, -0.2) is 14.3 Å². The van der Waals surface area contributed by atoms with Crippen LogP contribution in [-0.4, -0.2) is 34.7 Å². The van der Waals surface area contributed by atoms with Crippen molar-refractivity contribution in [1.82, 2.24) is 4.98 Å². The van der Waals surface area contributed by atoms with E-state index in [2.05, 4.69) is 34.1 Å². The monoisotopic (exact) mass is 474 g/mol. The topological polar surface area (TPSA) is 79.5 Å². The summed E-state index contributed by atoms with van der Waals surface area (Å²) in [5.74, 6) is -0.0613. The Morgan fingerprint density at radius 1 is 1.26 bits per heavy atom. The predicted octanol–water partition coefficient (Wildman–Crippen LogP) is 4.24. The van der Waals surface area contributed by atoms with Crippen LogP contribution in [0.5, 0.6) is 0 Å². The molecule has 2 heterocycles. The van der Waals surface area contributed by atoms with Crippen LogP contribution in [0.1, 0.15) is 12.6 Å². The Hall–Kier alpha value is -2.26. The van der Waals surface area contributed by atoms with Gasteiger partial charge in [-0.05, 0) is 37.6 Å². The summed E-state index contributed by atoms with van der Waals surface area (Å²) >= 11 is 7.52. The smallest absolute Gasteiger partial charge is 0.235 e. The second kappa shape index (κ2) is 9.08. The van der Waals surface area contributed by atoms with E-state index in [0.717, 1.165) is 21.8 Å². The summed E-state index contributed by atoms with van der Waals surface area (Å²) in [6.07, 6.45) is 0. The van der Waals surface area contributed by atoms with Crippen LogP contribution in [-0.2, 0) is 15.8 Å². The van der Waals surface area contributed by atoms with Crippen molar-refractivity contribution in [2.24, 2.45) is 11.1 Å². The molecule has 1 unspecified atom stereocenters. The maximum absolute atomic E-state index is 13.0. The van der Waals surface area contributed by atoms with Gasteiger partial charge in [0.2, 0.25) is 5.91 Å². The average Bonchev–Trinajstić information content (AvgIpc) is 3.10. The lowest BCUT2D eigenvalue weighted by molar-refractivity contribution is -0.123. The zero-order chi connectivity index (χ0) is 22.1. The number of anilines is 2. The van der Waals surface area contributed by atoms with E-state index in [-0.39, 0.29) is 11.8 Å². The van der Waals surface area contributed by atoms with E-state index < -0.39 is 11.0 Å². The number of benzene rings is 2. The first-order valence-electron chi connectivity index (χ1n) is 9.94. The molecule has 0 aliphatic carbocycles. The van der Waals surface area contributed by atoms with Crippen LogP contribution in [0.3, 0.4) is 0 Å². The third-order valence-corrected chi connectivity index (χ3v) is 8.10. The molecule has 1 amide bonds. The second-order valence-electron chi connectivity index (χ2n) is 7.38. The number of aromatic nitrogens is 1. The van der Waals surface area contributed by atoms with E-state index in [4.69, 9.17) is 16.7 Å². The summed E-state index contributed by atoms with van der Waals surface area (Å²) in [5, 5.41) is 6.79. The molecule has 2 aromatic carbocycles. The van der Waals surface area contributed by atoms with Crippen LogP contribution in [0, 0.1) is 12.8 Å². The van der Waals surface area contributed by atoms with E-state index in [0.29, 0.717) is 34.7 Å². The molecule has 1 aliphatic heterocycles. The average molecular weight is 475 g/mol. The fraction of sp³-hybridized carbons (Fsp3) is 0.273. The molecule has 2 N–H and O–H groups in total. The van der Waals surface area contributed by atoms with Gasteiger partial charge in [-0.1, -0.05) is 53.3 Å². The number of hydrogen-bond donors (Lipinski definition) is 1. The molecule has 3 aromatic rings. The summed E-state index contributed by atoms with van der Waals surface area (Å²) in [7, 11) is -1.60. The van der Waals surface area contributed by atoms with Crippen LogP contribution in [0.15, 0.2) is 52.7 Å². The Kier molecular flexibility index (Phi) is 6.43. The number of amides is 1. The summed E-state index contributed by atoms with van der Waals surface area (Å²) in [4.78, 5) is 21.3. The molecule has 6 nitrogen and oxygen atoms in total. The number of carbonyl (C=O) groups excluding carboxylic acids is 1. The van der Waals surface area contributed by atoms with Crippen LogP contribution in [0.2, 0.25) is 5.02 Å². The lowest BCUT2D eigenvalue weighted by atomic mass is 9.97. The van der Waals surface area contributed by atoms with Gasteiger partial charge in [0.1, 0.15) is 15.2 Å². The predicted molar refractivity (Wildman–Crippen MR) is 128 cm³/mol. The van der Waals surface area contributed by atoms with Crippen molar-refractivity contribution in [2.45, 2.75) is 18.1 Å². The van der Waals surface area contributed by atoms with E-state index in [1.165, 1.54) is 11.3 Å². The highest BCUT2D eigenvalue weighted by atomic mass is 35.5. The molecule has 1 aromatic heterocycles. The van der Waals surface area contributed by atoms with Crippen LogP contribution >= 0.6 is 22.9 Å². The summed E-state index contributed by atoms with van der Waals surface area (Å²) in [5.41, 5.74) is 3.75. The quantitative estimate of drug-likeness (QED) is 0.579. The molecular weight excluding hydrogens is 452 g/mol. The first-order valence-corrected chi connectivity index (χ1v) is 12.3. The highest BCUT2D eigenvalue weighted by molar-refractivity contribution is 7.85. The zero-order valence-electron chi connectivity index (χ0n) is 17.2. The zero-order valence-corrected chi connectivity index (χ0v) is 19.6. The standard InChI is InChI=1S/C22H23ClN4O2S2/c1-3-27(22-25-14(2)21(30-22)31(24)29)20(28)16-12-26(13-16)17-10-8-15(9-11-17)18-6-4-5-7-19(18)23/h4-11,16H,3,12-13,24H2,1-2H3. The van der Waals surface area contributed by atoms with Gasteiger partial charge in [-0.15, -0.1) is 0 Å². The lowest BCUT2D eigenvalue weighted by Gasteiger charge is -2.41. The first kappa shape index (κ1) is 22.0. The van der Waals surface area contributed by atoms with Crippen molar-refractivity contribution < 1.29 is 9.00 Å². The Morgan fingerprint density at radius 3 is 2.52 bits per heavy atom. The first-order chi connectivity index (χ1) is 14.9. The minimum Gasteiger partial charge on any atom is -0.370 e. The number of rotatable bonds is 6. The SMILES string of the molecule is CCN(C(=O)C1CN(c2ccc(-c3ccccc3Cl)cc2)C1)c1nc(C)c(S(N)=O)s1. The number of thiazole rings is 1. The molecular formula is C22H23ClN4O2S2. The summed E-state index contributed by atoms with van der Waals surface area (Å²) < 4.78 is 12.1. The van der Waals surface area contributed by atoms with Crippen LogP contribution in [0.4, 0.5) is 10.8 Å². The molecule has 1 aliphatic rings. The Balaban J connectivity index is 1.42. The fourth-order valence-corrected chi connectivity index (χ4v) is 5.67. The number of aryl methyl sites for hydroxylation is 1. The van der Waals surface area contributed by atoms with Crippen molar-refractivity contribution in [3.8, 4) is 11.1 Å². The van der Waals surface area contributed by atoms with Crippen molar-refractivity contribution in [2.75, 3.05) is 29.4 Å². The molecule has 1 fully saturated rings. The van der Waals surface area contributed by atoms with Gasteiger partial charge in [0, 0.05) is 35.9 Å². The largest absolute Gasteiger partial charge is 0.370 e. The Morgan fingerprint density at radius 2 is 1.94 bits per heavy atom. The summed E-state index contributed by atoms with van der Waals surface area (Å²) in [6.45, 7) is 5.49. The fourth-order valence-electron chi connectivity index (χ4n) is 3.67. The molecule has 9 heteroatoms. The van der Waals surface area contributed by atoms with Gasteiger partial charge in [-0.3, -0.25) is 9.69 Å². The third-order valence-electron chi connectivity index (χ3n) is 5.39. The lowest BCUT2D eigenvalue weighted by Crippen LogP contribution is -2.54. The van der Waals surface area contributed by atoms with Crippen molar-refractivity contribution in [1.29, 1.82) is 0 Å². The van der Waals surface area contributed by atoms with Crippen molar-refractivity contribution in [3.05, 3.63) is 59.2 Å². The maximum atomic E-state index is 13.0. The van der Waals surface area contributed by atoms with Gasteiger partial charge >= 0.3 is 0 Å². The van der Waals surface area contributed by atoms with E-state index in [9.17, 15) is 9.00 Å². The van der Waals surface area contributed by atoms with Crippen LogP contribution in [0.25, 0.3) is 11.1 Å². The van der Waals surface area contributed by atoms with Crippen molar-refractivity contribution >= 4 is 50.6 Å². The highest BCUT2D eigenvalue weighted by Gasteiger charge is 2.36. The van der Waals surface area contributed by atoms with Gasteiger partial charge < -0.3 is 4.90 Å². The van der Waals surface area contributed by atoms with Gasteiger partial charge in [0.25, 0.3) is 0 Å². The number of hydrogen-bond acceptors (Lipinski definition) is 5. The Labute approximate surface area is 193 Å². The number of nitrogens with two attached hydrogens (primary N) is 1. The van der Waals surface area contributed by atoms with Gasteiger partial charge in [-0.2, -0.15) is 0 Å². The van der Waals surface area contributed by atoms with Crippen molar-refractivity contribution in [3.63, 3.8) is 0 Å².